The van der Waals surface area contributed by atoms with Crippen molar-refractivity contribution in [1.82, 2.24) is 4.90 Å². The fourth-order valence-electron chi connectivity index (χ4n) is 1.40. The minimum atomic E-state index is -0.499. The molecule has 1 amide bonds. The van der Waals surface area contributed by atoms with Gasteiger partial charge in [-0.15, -0.1) is 0 Å². The number of hydrogen-bond acceptors (Lipinski definition) is 3. The third-order valence-electron chi connectivity index (χ3n) is 2.53. The SMILES string of the molecule is COC(=O)CC(=O)N(C)CCc1ccccc1. The number of benzene rings is 1. The van der Waals surface area contributed by atoms with Crippen molar-refractivity contribution in [3.8, 4) is 0 Å². The van der Waals surface area contributed by atoms with Crippen molar-refractivity contribution in [1.29, 1.82) is 0 Å². The molecule has 0 heterocycles. The van der Waals surface area contributed by atoms with Crippen LogP contribution in [0.1, 0.15) is 12.0 Å². The first-order valence-corrected chi connectivity index (χ1v) is 5.48. The molecular formula is C13H17NO3. The number of hydrogen-bond donors (Lipinski definition) is 0. The molecule has 0 saturated carbocycles. The van der Waals surface area contributed by atoms with E-state index < -0.39 is 5.97 Å². The summed E-state index contributed by atoms with van der Waals surface area (Å²) in [6, 6.07) is 9.91. The van der Waals surface area contributed by atoms with Crippen molar-refractivity contribution in [3.63, 3.8) is 0 Å². The molecule has 0 saturated heterocycles. The Hall–Kier alpha value is -1.84. The van der Waals surface area contributed by atoms with Crippen LogP contribution in [0.2, 0.25) is 0 Å². The molecule has 1 aromatic carbocycles. The number of amides is 1. The van der Waals surface area contributed by atoms with Crippen molar-refractivity contribution in [2.24, 2.45) is 0 Å². The Morgan fingerprint density at radius 3 is 2.47 bits per heavy atom. The molecular weight excluding hydrogens is 218 g/mol. The predicted molar refractivity (Wildman–Crippen MR) is 64.4 cm³/mol. The molecule has 0 bridgehead atoms. The molecule has 0 aromatic heterocycles. The molecule has 4 nitrogen and oxygen atoms in total. The third-order valence-corrected chi connectivity index (χ3v) is 2.53. The molecule has 0 unspecified atom stereocenters. The van der Waals surface area contributed by atoms with Crippen LogP contribution in [0, 0.1) is 0 Å². The second-order valence-corrected chi connectivity index (χ2v) is 3.80. The summed E-state index contributed by atoms with van der Waals surface area (Å²) in [4.78, 5) is 24.0. The summed E-state index contributed by atoms with van der Waals surface area (Å²) in [5.41, 5.74) is 1.17. The number of methoxy groups -OCH3 is 1. The van der Waals surface area contributed by atoms with Gasteiger partial charge < -0.3 is 9.64 Å². The molecule has 0 atom stereocenters. The van der Waals surface area contributed by atoms with Crippen LogP contribution in [0.5, 0.6) is 0 Å². The van der Waals surface area contributed by atoms with Crippen LogP contribution in [0.3, 0.4) is 0 Å². The molecule has 0 fully saturated rings. The standard InChI is InChI=1S/C13H17NO3/c1-14(12(15)10-13(16)17-2)9-8-11-6-4-3-5-7-11/h3-7H,8-10H2,1-2H3. The van der Waals surface area contributed by atoms with Crippen molar-refractivity contribution in [2.75, 3.05) is 20.7 Å². The first-order valence-electron chi connectivity index (χ1n) is 5.48. The van der Waals surface area contributed by atoms with Gasteiger partial charge in [0.2, 0.25) is 5.91 Å². The fraction of sp³-hybridized carbons (Fsp3) is 0.385. The summed E-state index contributed by atoms with van der Waals surface area (Å²) in [7, 11) is 2.97. The van der Waals surface area contributed by atoms with Crippen molar-refractivity contribution in [3.05, 3.63) is 35.9 Å². The summed E-state index contributed by atoms with van der Waals surface area (Å²) >= 11 is 0. The highest BCUT2D eigenvalue weighted by atomic mass is 16.5. The van der Waals surface area contributed by atoms with E-state index in [0.717, 1.165) is 6.42 Å². The van der Waals surface area contributed by atoms with Crippen molar-refractivity contribution >= 4 is 11.9 Å². The van der Waals surface area contributed by atoms with Crippen LogP contribution >= 0.6 is 0 Å². The lowest BCUT2D eigenvalue weighted by Crippen LogP contribution is -2.30. The van der Waals surface area contributed by atoms with Gasteiger partial charge in [-0.3, -0.25) is 9.59 Å². The number of rotatable bonds is 5. The largest absolute Gasteiger partial charge is 0.469 e. The minimum absolute atomic E-state index is 0.193. The lowest BCUT2D eigenvalue weighted by Gasteiger charge is -2.16. The minimum Gasteiger partial charge on any atom is -0.469 e. The quantitative estimate of drug-likeness (QED) is 0.570. The Morgan fingerprint density at radius 1 is 1.24 bits per heavy atom. The van der Waals surface area contributed by atoms with Crippen LogP contribution in [0.15, 0.2) is 30.3 Å². The van der Waals surface area contributed by atoms with Crippen LogP contribution < -0.4 is 0 Å². The maximum absolute atomic E-state index is 11.6. The Bertz CT molecular complexity index is 376. The Kier molecular flexibility index (Phi) is 5.20. The summed E-state index contributed by atoms with van der Waals surface area (Å²) in [5, 5.41) is 0. The number of carbonyl (C=O) groups is 2. The molecule has 0 radical (unpaired) electrons. The number of carbonyl (C=O) groups excluding carboxylic acids is 2. The lowest BCUT2D eigenvalue weighted by molar-refractivity contribution is -0.146. The van der Waals surface area contributed by atoms with Gasteiger partial charge in [0.1, 0.15) is 6.42 Å². The highest BCUT2D eigenvalue weighted by Gasteiger charge is 2.13. The average Bonchev–Trinajstić information content (AvgIpc) is 2.36. The fourth-order valence-corrected chi connectivity index (χ4v) is 1.40. The first kappa shape index (κ1) is 13.2. The van der Waals surface area contributed by atoms with E-state index >= 15 is 0 Å². The molecule has 17 heavy (non-hydrogen) atoms. The summed E-state index contributed by atoms with van der Waals surface area (Å²) in [6.07, 6.45) is 0.589. The first-order chi connectivity index (χ1) is 8.13. The van der Waals surface area contributed by atoms with E-state index in [-0.39, 0.29) is 12.3 Å². The molecule has 0 spiro atoms. The lowest BCUT2D eigenvalue weighted by atomic mass is 10.1. The van der Waals surface area contributed by atoms with Crippen LogP contribution in [0.25, 0.3) is 0 Å². The zero-order chi connectivity index (χ0) is 12.7. The van der Waals surface area contributed by atoms with Gasteiger partial charge in [0.15, 0.2) is 0 Å². The van der Waals surface area contributed by atoms with Gasteiger partial charge in [0, 0.05) is 13.6 Å². The van der Waals surface area contributed by atoms with Crippen LogP contribution in [-0.2, 0) is 20.7 Å². The van der Waals surface area contributed by atoms with Crippen LogP contribution in [0.4, 0.5) is 0 Å². The van der Waals surface area contributed by atoms with Crippen molar-refractivity contribution in [2.45, 2.75) is 12.8 Å². The second kappa shape index (κ2) is 6.68. The molecule has 1 aromatic rings. The van der Waals surface area contributed by atoms with E-state index in [0.29, 0.717) is 6.54 Å². The number of esters is 1. The van der Waals surface area contributed by atoms with Gasteiger partial charge in [0.05, 0.1) is 7.11 Å². The molecule has 0 aliphatic rings. The predicted octanol–water partition coefficient (Wildman–Crippen LogP) is 1.25. The summed E-state index contributed by atoms with van der Waals surface area (Å²) in [5.74, 6) is -0.714. The van der Waals surface area contributed by atoms with E-state index in [1.54, 1.807) is 11.9 Å². The molecule has 4 heteroatoms. The van der Waals surface area contributed by atoms with E-state index in [9.17, 15) is 9.59 Å². The molecule has 0 N–H and O–H groups in total. The normalized spacial score (nSPS) is 9.76. The highest BCUT2D eigenvalue weighted by molar-refractivity contribution is 5.94. The van der Waals surface area contributed by atoms with E-state index in [4.69, 9.17) is 0 Å². The van der Waals surface area contributed by atoms with E-state index in [2.05, 4.69) is 4.74 Å². The van der Waals surface area contributed by atoms with E-state index in [1.807, 2.05) is 30.3 Å². The monoisotopic (exact) mass is 235 g/mol. The third kappa shape index (κ3) is 4.68. The topological polar surface area (TPSA) is 46.6 Å². The molecule has 1 rings (SSSR count). The number of ether oxygens (including phenoxy) is 1. The molecule has 92 valence electrons. The van der Waals surface area contributed by atoms with Crippen LogP contribution in [-0.4, -0.2) is 37.5 Å². The Labute approximate surface area is 101 Å². The van der Waals surface area contributed by atoms with Gasteiger partial charge in [-0.2, -0.15) is 0 Å². The maximum atomic E-state index is 11.6. The number of nitrogens with zero attached hydrogens (tertiary/aromatic N) is 1. The number of likely N-dealkylation sites (N-methyl/N-ethyl adjacent to an activating group) is 1. The smallest absolute Gasteiger partial charge is 0.315 e. The van der Waals surface area contributed by atoms with Gasteiger partial charge in [-0.25, -0.2) is 0 Å². The van der Waals surface area contributed by atoms with Crippen molar-refractivity contribution < 1.29 is 14.3 Å². The zero-order valence-corrected chi connectivity index (χ0v) is 10.2. The summed E-state index contributed by atoms with van der Waals surface area (Å²) < 4.78 is 4.45. The Balaban J connectivity index is 2.37. The van der Waals surface area contributed by atoms with Gasteiger partial charge >= 0.3 is 5.97 Å². The highest BCUT2D eigenvalue weighted by Crippen LogP contribution is 2.01. The summed E-state index contributed by atoms with van der Waals surface area (Å²) in [6.45, 7) is 0.597. The van der Waals surface area contributed by atoms with Gasteiger partial charge in [-0.05, 0) is 12.0 Å². The second-order valence-electron chi connectivity index (χ2n) is 3.80. The molecule has 0 aliphatic carbocycles. The maximum Gasteiger partial charge on any atom is 0.315 e. The Morgan fingerprint density at radius 2 is 1.88 bits per heavy atom. The zero-order valence-electron chi connectivity index (χ0n) is 10.2. The van der Waals surface area contributed by atoms with Gasteiger partial charge in [-0.1, -0.05) is 30.3 Å². The van der Waals surface area contributed by atoms with Gasteiger partial charge in [0.25, 0.3) is 0 Å². The average molecular weight is 235 g/mol. The van der Waals surface area contributed by atoms with E-state index in [1.165, 1.54) is 12.7 Å². The molecule has 0 aliphatic heterocycles.